The SMILES string of the molecule is CCCCCC[N+](C)(C)CCC[Si](C)(C)C.[Cl-]. The molecule has 3 heteroatoms. The van der Waals surface area contributed by atoms with Crippen molar-refractivity contribution in [3.63, 3.8) is 0 Å². The molecule has 0 unspecified atom stereocenters. The van der Waals surface area contributed by atoms with Gasteiger partial charge in [-0.2, -0.15) is 0 Å². The Kier molecular flexibility index (Phi) is 11.0. The third kappa shape index (κ3) is 14.4. The maximum Gasteiger partial charge on any atom is 0.0782 e. The van der Waals surface area contributed by atoms with Crippen molar-refractivity contribution in [1.82, 2.24) is 0 Å². The Balaban J connectivity index is 0. The zero-order valence-corrected chi connectivity index (χ0v) is 14.7. The number of hydrogen-bond donors (Lipinski definition) is 0. The second-order valence-corrected chi connectivity index (χ2v) is 12.7. The second kappa shape index (κ2) is 9.40. The van der Waals surface area contributed by atoms with Crippen molar-refractivity contribution in [1.29, 1.82) is 0 Å². The van der Waals surface area contributed by atoms with E-state index in [1.54, 1.807) is 0 Å². The van der Waals surface area contributed by atoms with Crippen LogP contribution in [0.4, 0.5) is 0 Å². The predicted octanol–water partition coefficient (Wildman–Crippen LogP) is 1.38. The molecule has 0 amide bonds. The molecule has 0 fully saturated rings. The molecule has 0 aliphatic carbocycles. The Morgan fingerprint density at radius 1 is 0.824 bits per heavy atom. The van der Waals surface area contributed by atoms with Gasteiger partial charge in [-0.05, 0) is 19.3 Å². The van der Waals surface area contributed by atoms with Crippen molar-refractivity contribution < 1.29 is 16.9 Å². The minimum Gasteiger partial charge on any atom is -1.00 e. The Bertz CT molecular complexity index is 176. The molecule has 0 N–H and O–H groups in total. The Morgan fingerprint density at radius 3 is 1.82 bits per heavy atom. The highest BCUT2D eigenvalue weighted by Gasteiger charge is 2.17. The van der Waals surface area contributed by atoms with E-state index in [0.29, 0.717) is 0 Å². The molecule has 0 aromatic carbocycles. The summed E-state index contributed by atoms with van der Waals surface area (Å²) in [5.41, 5.74) is 0. The van der Waals surface area contributed by atoms with E-state index < -0.39 is 8.07 Å². The summed E-state index contributed by atoms with van der Waals surface area (Å²) in [6, 6.07) is 1.49. The molecule has 0 atom stereocenters. The minimum atomic E-state index is -0.811. The summed E-state index contributed by atoms with van der Waals surface area (Å²) in [5, 5.41) is 0. The number of rotatable bonds is 9. The Morgan fingerprint density at radius 2 is 1.35 bits per heavy atom. The van der Waals surface area contributed by atoms with Crippen LogP contribution in [0.3, 0.4) is 0 Å². The third-order valence-corrected chi connectivity index (χ3v) is 5.16. The van der Waals surface area contributed by atoms with E-state index in [9.17, 15) is 0 Å². The maximum atomic E-state index is 2.48. The van der Waals surface area contributed by atoms with E-state index >= 15 is 0 Å². The van der Waals surface area contributed by atoms with Gasteiger partial charge in [0, 0.05) is 8.07 Å². The molecule has 0 rings (SSSR count). The standard InChI is InChI=1S/C14H34NSi.ClH/c1-7-8-9-10-12-15(2,3)13-11-14-16(4,5)6;/h7-14H2,1-6H3;1H/q+1;/p-1. The van der Waals surface area contributed by atoms with Crippen LogP contribution in [0.5, 0.6) is 0 Å². The Labute approximate surface area is 117 Å². The van der Waals surface area contributed by atoms with Crippen LogP contribution < -0.4 is 12.4 Å². The van der Waals surface area contributed by atoms with Crippen molar-refractivity contribution in [3.05, 3.63) is 0 Å². The number of hydrogen-bond acceptors (Lipinski definition) is 0. The quantitative estimate of drug-likeness (QED) is 0.340. The van der Waals surface area contributed by atoms with Crippen LogP contribution in [0, 0.1) is 0 Å². The van der Waals surface area contributed by atoms with Crippen LogP contribution in [-0.2, 0) is 0 Å². The summed E-state index contributed by atoms with van der Waals surface area (Å²) >= 11 is 0. The van der Waals surface area contributed by atoms with Gasteiger partial charge in [-0.3, -0.25) is 0 Å². The minimum absolute atomic E-state index is 0. The van der Waals surface area contributed by atoms with Crippen LogP contribution in [-0.4, -0.2) is 39.7 Å². The highest BCUT2D eigenvalue weighted by molar-refractivity contribution is 6.76. The lowest BCUT2D eigenvalue weighted by atomic mass is 10.2. The molecule has 1 nitrogen and oxygen atoms in total. The molecule has 0 heterocycles. The fourth-order valence-corrected chi connectivity index (χ4v) is 3.33. The largest absolute Gasteiger partial charge is 1.00 e. The highest BCUT2D eigenvalue weighted by atomic mass is 35.5. The molecule has 0 radical (unpaired) electrons. The van der Waals surface area contributed by atoms with Gasteiger partial charge >= 0.3 is 0 Å². The van der Waals surface area contributed by atoms with Crippen molar-refractivity contribution >= 4 is 8.07 Å². The smallest absolute Gasteiger partial charge is 0.0782 e. The summed E-state index contributed by atoms with van der Waals surface area (Å²) in [6.07, 6.45) is 7.02. The number of halogens is 1. The first-order chi connectivity index (χ1) is 7.27. The van der Waals surface area contributed by atoms with Crippen molar-refractivity contribution in [2.45, 2.75) is 64.7 Å². The molecule has 0 saturated heterocycles. The summed E-state index contributed by atoms with van der Waals surface area (Å²) in [6.45, 7) is 12.5. The van der Waals surface area contributed by atoms with Gasteiger partial charge in [-0.15, -0.1) is 0 Å². The molecule has 0 aliphatic rings. The van der Waals surface area contributed by atoms with E-state index in [0.717, 1.165) is 0 Å². The van der Waals surface area contributed by atoms with Crippen LogP contribution in [0.2, 0.25) is 25.7 Å². The average Bonchev–Trinajstić information content (AvgIpc) is 2.10. The summed E-state index contributed by atoms with van der Waals surface area (Å²) < 4.78 is 1.23. The molecule has 0 saturated carbocycles. The fourth-order valence-electron chi connectivity index (χ4n) is 2.12. The third-order valence-electron chi connectivity index (χ3n) is 3.31. The van der Waals surface area contributed by atoms with Gasteiger partial charge in [0.25, 0.3) is 0 Å². The van der Waals surface area contributed by atoms with E-state index in [4.69, 9.17) is 0 Å². The van der Waals surface area contributed by atoms with E-state index in [2.05, 4.69) is 40.7 Å². The number of quaternary nitrogens is 1. The molecule has 17 heavy (non-hydrogen) atoms. The van der Waals surface area contributed by atoms with Crippen LogP contribution in [0.1, 0.15) is 39.0 Å². The average molecular weight is 280 g/mol. The highest BCUT2D eigenvalue weighted by Crippen LogP contribution is 2.14. The lowest BCUT2D eigenvalue weighted by Gasteiger charge is -2.31. The first kappa shape index (κ1) is 19.8. The van der Waals surface area contributed by atoms with E-state index in [1.807, 2.05) is 0 Å². The van der Waals surface area contributed by atoms with Crippen LogP contribution in [0.25, 0.3) is 0 Å². The molecular formula is C14H34ClNSi. The molecule has 106 valence electrons. The zero-order valence-electron chi connectivity index (χ0n) is 13.0. The predicted molar refractivity (Wildman–Crippen MR) is 78.8 cm³/mol. The van der Waals surface area contributed by atoms with Gasteiger partial charge in [0.15, 0.2) is 0 Å². The zero-order chi connectivity index (χ0) is 12.7. The van der Waals surface area contributed by atoms with Gasteiger partial charge in [0.2, 0.25) is 0 Å². The lowest BCUT2D eigenvalue weighted by Crippen LogP contribution is -3.00. The molecule has 0 aliphatic heterocycles. The first-order valence-electron chi connectivity index (χ1n) is 7.09. The van der Waals surface area contributed by atoms with E-state index in [1.165, 1.54) is 55.7 Å². The van der Waals surface area contributed by atoms with Gasteiger partial charge in [0.1, 0.15) is 0 Å². The molecule has 0 aromatic rings. The maximum absolute atomic E-state index is 2.48. The van der Waals surface area contributed by atoms with Crippen LogP contribution >= 0.6 is 0 Å². The summed E-state index contributed by atoms with van der Waals surface area (Å²) in [4.78, 5) is 0. The topological polar surface area (TPSA) is 0 Å². The number of unbranched alkanes of at least 4 members (excludes halogenated alkanes) is 3. The molecule has 0 aromatic heterocycles. The molecule has 0 spiro atoms. The van der Waals surface area contributed by atoms with Crippen molar-refractivity contribution in [3.8, 4) is 0 Å². The van der Waals surface area contributed by atoms with Gasteiger partial charge in [-0.25, -0.2) is 0 Å². The Hall–Kier alpha value is 0.467. The van der Waals surface area contributed by atoms with Crippen molar-refractivity contribution in [2.24, 2.45) is 0 Å². The van der Waals surface area contributed by atoms with Gasteiger partial charge in [0.05, 0.1) is 27.2 Å². The second-order valence-electron chi connectivity index (χ2n) is 7.11. The van der Waals surface area contributed by atoms with Crippen molar-refractivity contribution in [2.75, 3.05) is 27.2 Å². The van der Waals surface area contributed by atoms with Crippen LogP contribution in [0.15, 0.2) is 0 Å². The summed E-state index contributed by atoms with van der Waals surface area (Å²) in [5.74, 6) is 0. The lowest BCUT2D eigenvalue weighted by molar-refractivity contribution is -0.890. The molecule has 0 bridgehead atoms. The first-order valence-corrected chi connectivity index (χ1v) is 10.8. The van der Waals surface area contributed by atoms with Gasteiger partial charge in [-0.1, -0.05) is 45.5 Å². The monoisotopic (exact) mass is 279 g/mol. The normalized spacial score (nSPS) is 12.4. The number of nitrogens with zero attached hydrogens (tertiary/aromatic N) is 1. The fraction of sp³-hybridized carbons (Fsp3) is 1.00. The van der Waals surface area contributed by atoms with E-state index in [-0.39, 0.29) is 12.4 Å². The summed E-state index contributed by atoms with van der Waals surface area (Å²) in [7, 11) is 3.99. The molecular weight excluding hydrogens is 246 g/mol. The van der Waals surface area contributed by atoms with Gasteiger partial charge < -0.3 is 16.9 Å².